The van der Waals surface area contributed by atoms with Crippen LogP contribution in [0.25, 0.3) is 0 Å². The SMILES string of the molecule is CCCCN(C)C(=O)C1CCN(S(=O)(=O)CCOC)CC1. The molecule has 1 fully saturated rings. The van der Waals surface area contributed by atoms with E-state index in [1.165, 1.54) is 11.4 Å². The van der Waals surface area contributed by atoms with Gasteiger partial charge >= 0.3 is 0 Å². The zero-order chi connectivity index (χ0) is 15.9. The first kappa shape index (κ1) is 18.4. The van der Waals surface area contributed by atoms with Crippen LogP contribution in [0.5, 0.6) is 0 Å². The standard InChI is InChI=1S/C14H28N2O4S/c1-4-5-8-15(2)14(17)13-6-9-16(10-7-13)21(18,19)12-11-20-3/h13H,4-12H2,1-3H3. The molecule has 1 amide bonds. The average Bonchev–Trinajstić information content (AvgIpc) is 2.50. The average molecular weight is 320 g/mol. The van der Waals surface area contributed by atoms with Crippen molar-refractivity contribution >= 4 is 15.9 Å². The number of amides is 1. The maximum atomic E-state index is 12.3. The second-order valence-electron chi connectivity index (χ2n) is 5.60. The molecule has 1 aliphatic heterocycles. The number of ether oxygens (including phenoxy) is 1. The van der Waals surface area contributed by atoms with E-state index in [9.17, 15) is 13.2 Å². The number of sulfonamides is 1. The van der Waals surface area contributed by atoms with Gasteiger partial charge in [-0.25, -0.2) is 12.7 Å². The lowest BCUT2D eigenvalue weighted by atomic mass is 9.96. The molecule has 0 atom stereocenters. The van der Waals surface area contributed by atoms with Gasteiger partial charge in [-0.15, -0.1) is 0 Å². The Hall–Kier alpha value is -0.660. The predicted octanol–water partition coefficient (Wildman–Crippen LogP) is 0.933. The fourth-order valence-corrected chi connectivity index (χ4v) is 3.92. The van der Waals surface area contributed by atoms with Crippen molar-refractivity contribution in [3.63, 3.8) is 0 Å². The summed E-state index contributed by atoms with van der Waals surface area (Å²) in [7, 11) is 0.0800. The van der Waals surface area contributed by atoms with Crippen molar-refractivity contribution in [2.75, 3.05) is 46.2 Å². The summed E-state index contributed by atoms with van der Waals surface area (Å²) in [5.74, 6) is 0.122. The molecule has 0 N–H and O–H groups in total. The number of carbonyl (C=O) groups excluding carboxylic acids is 1. The van der Waals surface area contributed by atoms with E-state index >= 15 is 0 Å². The van der Waals surface area contributed by atoms with Crippen molar-refractivity contribution in [1.82, 2.24) is 9.21 Å². The topological polar surface area (TPSA) is 66.9 Å². The minimum absolute atomic E-state index is 0.0124. The zero-order valence-corrected chi connectivity index (χ0v) is 14.2. The molecule has 0 saturated carbocycles. The number of hydrogen-bond acceptors (Lipinski definition) is 4. The van der Waals surface area contributed by atoms with Gasteiger partial charge in [-0.05, 0) is 19.3 Å². The first-order chi connectivity index (χ1) is 9.92. The first-order valence-corrected chi connectivity index (χ1v) is 9.25. The zero-order valence-electron chi connectivity index (χ0n) is 13.4. The Labute approximate surface area is 128 Å². The molecule has 0 aromatic heterocycles. The molecule has 124 valence electrons. The lowest BCUT2D eigenvalue weighted by Crippen LogP contribution is -2.44. The molecule has 21 heavy (non-hydrogen) atoms. The third-order valence-corrected chi connectivity index (χ3v) is 5.80. The van der Waals surface area contributed by atoms with E-state index in [0.29, 0.717) is 25.9 Å². The van der Waals surface area contributed by atoms with Crippen LogP contribution in [0, 0.1) is 5.92 Å². The van der Waals surface area contributed by atoms with Crippen molar-refractivity contribution in [1.29, 1.82) is 0 Å². The van der Waals surface area contributed by atoms with Gasteiger partial charge in [-0.3, -0.25) is 4.79 Å². The van der Waals surface area contributed by atoms with Gasteiger partial charge in [-0.2, -0.15) is 0 Å². The minimum atomic E-state index is -3.25. The summed E-state index contributed by atoms with van der Waals surface area (Å²) >= 11 is 0. The summed E-state index contributed by atoms with van der Waals surface area (Å²) in [6.45, 7) is 3.96. The first-order valence-electron chi connectivity index (χ1n) is 7.64. The molecule has 0 spiro atoms. The highest BCUT2D eigenvalue weighted by molar-refractivity contribution is 7.89. The molecule has 0 unspecified atom stereocenters. The van der Waals surface area contributed by atoms with Gasteiger partial charge in [0.1, 0.15) is 0 Å². The molecule has 0 bridgehead atoms. The van der Waals surface area contributed by atoms with Crippen LogP contribution in [0.3, 0.4) is 0 Å². The van der Waals surface area contributed by atoms with E-state index in [4.69, 9.17) is 4.74 Å². The van der Waals surface area contributed by atoms with Crippen LogP contribution in [0.1, 0.15) is 32.6 Å². The predicted molar refractivity (Wildman–Crippen MR) is 82.5 cm³/mol. The molecule has 1 heterocycles. The van der Waals surface area contributed by atoms with Crippen LogP contribution in [0.4, 0.5) is 0 Å². The Balaban J connectivity index is 2.46. The molecule has 0 aliphatic carbocycles. The molecule has 1 aliphatic rings. The molecule has 7 heteroatoms. The van der Waals surface area contributed by atoms with E-state index in [-0.39, 0.29) is 24.2 Å². The molecular weight excluding hydrogens is 292 g/mol. The fraction of sp³-hybridized carbons (Fsp3) is 0.929. The number of carbonyl (C=O) groups is 1. The second kappa shape index (κ2) is 8.70. The van der Waals surface area contributed by atoms with E-state index in [1.807, 2.05) is 7.05 Å². The van der Waals surface area contributed by atoms with E-state index < -0.39 is 10.0 Å². The summed E-state index contributed by atoms with van der Waals surface area (Å²) in [6.07, 6.45) is 3.29. The smallest absolute Gasteiger partial charge is 0.225 e. The lowest BCUT2D eigenvalue weighted by Gasteiger charge is -2.32. The summed E-state index contributed by atoms with van der Waals surface area (Å²) < 4.78 is 30.4. The number of nitrogens with zero attached hydrogens (tertiary/aromatic N) is 2. The quantitative estimate of drug-likeness (QED) is 0.667. The molecular formula is C14H28N2O4S. The molecule has 0 aromatic rings. The summed E-state index contributed by atoms with van der Waals surface area (Å²) in [5, 5.41) is 0. The van der Waals surface area contributed by atoms with Crippen molar-refractivity contribution in [2.24, 2.45) is 5.92 Å². The van der Waals surface area contributed by atoms with Gasteiger partial charge in [0, 0.05) is 39.7 Å². The maximum Gasteiger partial charge on any atom is 0.225 e. The van der Waals surface area contributed by atoms with Gasteiger partial charge in [0.15, 0.2) is 0 Å². The third kappa shape index (κ3) is 5.56. The van der Waals surface area contributed by atoms with Gasteiger partial charge in [0.25, 0.3) is 0 Å². The van der Waals surface area contributed by atoms with Crippen molar-refractivity contribution in [2.45, 2.75) is 32.6 Å². The Kier molecular flexibility index (Phi) is 7.62. The summed E-state index contributed by atoms with van der Waals surface area (Å²) in [5.41, 5.74) is 0. The highest BCUT2D eigenvalue weighted by atomic mass is 32.2. The fourth-order valence-electron chi connectivity index (χ4n) is 2.52. The van der Waals surface area contributed by atoms with Crippen LogP contribution in [-0.4, -0.2) is 69.7 Å². The Morgan fingerprint density at radius 1 is 1.33 bits per heavy atom. The number of rotatable bonds is 8. The summed E-state index contributed by atoms with van der Waals surface area (Å²) in [6, 6.07) is 0. The number of methoxy groups -OCH3 is 1. The van der Waals surface area contributed by atoms with Gasteiger partial charge in [0.05, 0.1) is 12.4 Å². The second-order valence-corrected chi connectivity index (χ2v) is 7.68. The molecule has 1 rings (SSSR count). The van der Waals surface area contributed by atoms with Crippen LogP contribution in [0.15, 0.2) is 0 Å². The van der Waals surface area contributed by atoms with Crippen molar-refractivity contribution in [3.05, 3.63) is 0 Å². The normalized spacial score (nSPS) is 17.9. The van der Waals surface area contributed by atoms with Crippen LogP contribution in [-0.2, 0) is 19.6 Å². The van der Waals surface area contributed by atoms with Crippen LogP contribution in [0.2, 0.25) is 0 Å². The van der Waals surface area contributed by atoms with Gasteiger partial charge in [0.2, 0.25) is 15.9 Å². The van der Waals surface area contributed by atoms with E-state index in [0.717, 1.165) is 19.4 Å². The van der Waals surface area contributed by atoms with Gasteiger partial charge in [-0.1, -0.05) is 13.3 Å². The highest BCUT2D eigenvalue weighted by Gasteiger charge is 2.31. The monoisotopic (exact) mass is 320 g/mol. The number of hydrogen-bond donors (Lipinski definition) is 0. The lowest BCUT2D eigenvalue weighted by molar-refractivity contribution is -0.135. The maximum absolute atomic E-state index is 12.3. The molecule has 1 saturated heterocycles. The number of unbranched alkanes of at least 4 members (excludes halogenated alkanes) is 1. The molecule has 0 aromatic carbocycles. The Morgan fingerprint density at radius 3 is 2.48 bits per heavy atom. The largest absolute Gasteiger partial charge is 0.384 e. The molecule has 6 nitrogen and oxygen atoms in total. The minimum Gasteiger partial charge on any atom is -0.384 e. The van der Waals surface area contributed by atoms with E-state index in [2.05, 4.69) is 6.92 Å². The van der Waals surface area contributed by atoms with Gasteiger partial charge < -0.3 is 9.64 Å². The summed E-state index contributed by atoms with van der Waals surface area (Å²) in [4.78, 5) is 14.1. The van der Waals surface area contributed by atoms with Crippen LogP contribution < -0.4 is 0 Å². The Morgan fingerprint density at radius 2 is 1.95 bits per heavy atom. The Bertz CT molecular complexity index is 417. The molecule has 0 radical (unpaired) electrons. The van der Waals surface area contributed by atoms with Crippen molar-refractivity contribution < 1.29 is 17.9 Å². The van der Waals surface area contributed by atoms with E-state index in [1.54, 1.807) is 4.90 Å². The van der Waals surface area contributed by atoms with Crippen LogP contribution >= 0.6 is 0 Å². The number of piperidine rings is 1. The van der Waals surface area contributed by atoms with Crippen molar-refractivity contribution in [3.8, 4) is 0 Å². The highest BCUT2D eigenvalue weighted by Crippen LogP contribution is 2.21. The third-order valence-electron chi connectivity index (χ3n) is 3.97.